The average Bonchev–Trinajstić information content (AvgIpc) is 3.00. The first kappa shape index (κ1) is 17.5. The van der Waals surface area contributed by atoms with E-state index in [1.165, 1.54) is 5.56 Å². The number of benzene rings is 1. The van der Waals surface area contributed by atoms with Crippen LogP contribution in [0, 0.1) is 0 Å². The van der Waals surface area contributed by atoms with Gasteiger partial charge in [0.1, 0.15) is 11.6 Å². The Kier molecular flexibility index (Phi) is 3.55. The first-order valence-corrected chi connectivity index (χ1v) is 10.4. The van der Waals surface area contributed by atoms with E-state index in [2.05, 4.69) is 21.0 Å². The molecule has 2 fully saturated rings. The van der Waals surface area contributed by atoms with E-state index in [9.17, 15) is 9.90 Å². The van der Waals surface area contributed by atoms with Crippen molar-refractivity contribution in [1.29, 1.82) is 0 Å². The molecule has 1 spiro atoms. The summed E-state index contributed by atoms with van der Waals surface area (Å²) in [5.41, 5.74) is 1.46. The van der Waals surface area contributed by atoms with Crippen molar-refractivity contribution in [1.82, 2.24) is 0 Å². The lowest BCUT2D eigenvalue weighted by atomic mass is 9.48. The van der Waals surface area contributed by atoms with Gasteiger partial charge in [-0.05, 0) is 24.5 Å². The van der Waals surface area contributed by atoms with Crippen LogP contribution in [0.25, 0.3) is 0 Å². The average molecular weight is 372 g/mol. The molecular formula is C22H30NO4+. The van der Waals surface area contributed by atoms with Crippen LogP contribution in [-0.4, -0.2) is 60.4 Å². The van der Waals surface area contributed by atoms with Crippen LogP contribution in [-0.2, 0) is 21.4 Å². The predicted molar refractivity (Wildman–Crippen MR) is 101 cm³/mol. The molecule has 1 aromatic rings. The minimum Gasteiger partial charge on any atom is -0.504 e. The van der Waals surface area contributed by atoms with Crippen LogP contribution >= 0.6 is 0 Å². The van der Waals surface area contributed by atoms with Gasteiger partial charge in [-0.3, -0.25) is 4.79 Å². The summed E-state index contributed by atoms with van der Waals surface area (Å²) in [6, 6.07) is 4.06. The molecule has 146 valence electrons. The predicted octanol–water partition coefficient (Wildman–Crippen LogP) is 2.71. The standard InChI is InChI=1S/C22H29NO4/c1-4-5-12-26-22-9-8-16(25)20-21(22)10-11-23(2,3)17(22)13-14-6-7-15(24)19(27-20)18(14)21/h6-7,17,20H,4-5,8-13H2,1-3H3/p+1/t17-,20+,21+,22-/m1/s1. The Hall–Kier alpha value is -1.59. The Morgan fingerprint density at radius 3 is 2.93 bits per heavy atom. The number of unbranched alkanes of at least 4 members (excludes halogenated alkanes) is 1. The number of Topliss-reactive ketones (excluding diaryl/α,β-unsaturated/α-hetero) is 1. The quantitative estimate of drug-likeness (QED) is 0.652. The van der Waals surface area contributed by atoms with Crippen LogP contribution in [0.3, 0.4) is 0 Å². The number of rotatable bonds is 4. The zero-order chi connectivity index (χ0) is 19.0. The van der Waals surface area contributed by atoms with Crippen molar-refractivity contribution in [2.45, 2.75) is 68.6 Å². The topological polar surface area (TPSA) is 55.8 Å². The molecule has 5 nitrogen and oxygen atoms in total. The van der Waals surface area contributed by atoms with Crippen LogP contribution in [0.5, 0.6) is 11.5 Å². The van der Waals surface area contributed by atoms with Gasteiger partial charge < -0.3 is 19.1 Å². The molecular weight excluding hydrogens is 342 g/mol. The number of carbonyl (C=O) groups is 1. The second-order valence-corrected chi connectivity index (χ2v) is 9.45. The molecule has 1 N–H and O–H groups in total. The Morgan fingerprint density at radius 1 is 1.33 bits per heavy atom. The highest BCUT2D eigenvalue weighted by atomic mass is 16.5. The number of carbonyl (C=O) groups excluding carboxylic acids is 1. The first-order chi connectivity index (χ1) is 12.9. The molecule has 0 aromatic heterocycles. The third kappa shape index (κ3) is 1.94. The second kappa shape index (κ2) is 5.48. The Morgan fingerprint density at radius 2 is 2.15 bits per heavy atom. The van der Waals surface area contributed by atoms with Crippen molar-refractivity contribution in [3.63, 3.8) is 0 Å². The van der Waals surface area contributed by atoms with E-state index in [1.807, 2.05) is 6.07 Å². The van der Waals surface area contributed by atoms with Crippen molar-refractivity contribution in [2.24, 2.45) is 0 Å². The van der Waals surface area contributed by atoms with Gasteiger partial charge in [0.25, 0.3) is 0 Å². The number of quaternary nitrogens is 1. The minimum absolute atomic E-state index is 0.158. The van der Waals surface area contributed by atoms with Gasteiger partial charge in [0, 0.05) is 31.4 Å². The Labute approximate surface area is 160 Å². The third-order valence-electron chi connectivity index (χ3n) is 7.88. The number of hydrogen-bond acceptors (Lipinski definition) is 4. The number of aromatic hydroxyl groups is 1. The molecule has 1 saturated heterocycles. The maximum atomic E-state index is 13.0. The number of hydrogen-bond donors (Lipinski definition) is 1. The van der Waals surface area contributed by atoms with Crippen molar-refractivity contribution in [2.75, 3.05) is 27.2 Å². The summed E-state index contributed by atoms with van der Waals surface area (Å²) in [7, 11) is 4.60. The van der Waals surface area contributed by atoms with Gasteiger partial charge in [-0.1, -0.05) is 19.4 Å². The molecule has 2 aliphatic heterocycles. The summed E-state index contributed by atoms with van der Waals surface area (Å²) in [6.45, 7) is 3.89. The highest BCUT2D eigenvalue weighted by Crippen LogP contribution is 2.66. The summed E-state index contributed by atoms with van der Waals surface area (Å²) in [6.07, 6.45) is 4.63. The molecule has 0 amide bonds. The number of likely N-dealkylation sites (tertiary alicyclic amines) is 1. The fourth-order valence-corrected chi connectivity index (χ4v) is 6.61. The summed E-state index contributed by atoms with van der Waals surface area (Å²) in [5, 5.41) is 10.5. The van der Waals surface area contributed by atoms with Gasteiger partial charge in [-0.15, -0.1) is 0 Å². The normalized spacial score (nSPS) is 37.7. The van der Waals surface area contributed by atoms with Gasteiger partial charge in [0.2, 0.25) is 0 Å². The SMILES string of the molecule is CCCCO[C@@]12CCC(=O)[C@@H]3Oc4c(O)ccc5c4[C@@]31CC[N+](C)(C)[C@@H]2C5. The van der Waals surface area contributed by atoms with E-state index in [-0.39, 0.29) is 11.5 Å². The lowest BCUT2D eigenvalue weighted by Crippen LogP contribution is -2.80. The van der Waals surface area contributed by atoms with Crippen LogP contribution < -0.4 is 4.74 Å². The van der Waals surface area contributed by atoms with Gasteiger partial charge in [-0.2, -0.15) is 0 Å². The summed E-state index contributed by atoms with van der Waals surface area (Å²) < 4.78 is 14.0. The van der Waals surface area contributed by atoms with Crippen LogP contribution in [0.2, 0.25) is 0 Å². The highest BCUT2D eigenvalue weighted by Gasteiger charge is 2.77. The van der Waals surface area contributed by atoms with Crippen molar-refractivity contribution in [3.8, 4) is 11.5 Å². The molecule has 2 heterocycles. The molecule has 4 aliphatic rings. The van der Waals surface area contributed by atoms with E-state index in [1.54, 1.807) is 6.07 Å². The summed E-state index contributed by atoms with van der Waals surface area (Å²) >= 11 is 0. The number of ketones is 1. The van der Waals surface area contributed by atoms with Gasteiger partial charge >= 0.3 is 0 Å². The van der Waals surface area contributed by atoms with E-state index in [0.717, 1.165) is 55.3 Å². The van der Waals surface area contributed by atoms with Gasteiger partial charge in [0.05, 0.1) is 26.1 Å². The van der Waals surface area contributed by atoms with Crippen molar-refractivity contribution < 1.29 is 23.9 Å². The number of nitrogens with zero attached hydrogens (tertiary/aromatic N) is 1. The molecule has 2 aliphatic carbocycles. The minimum atomic E-state index is -0.516. The molecule has 1 aromatic carbocycles. The molecule has 0 radical (unpaired) electrons. The molecule has 2 bridgehead atoms. The van der Waals surface area contributed by atoms with E-state index < -0.39 is 17.1 Å². The zero-order valence-electron chi connectivity index (χ0n) is 16.6. The highest BCUT2D eigenvalue weighted by molar-refractivity contribution is 5.90. The van der Waals surface area contributed by atoms with E-state index in [4.69, 9.17) is 9.47 Å². The Balaban J connectivity index is 1.77. The number of phenols is 1. The second-order valence-electron chi connectivity index (χ2n) is 9.45. The first-order valence-electron chi connectivity index (χ1n) is 10.4. The van der Waals surface area contributed by atoms with Crippen LogP contribution in [0.15, 0.2) is 12.1 Å². The summed E-state index contributed by atoms with van der Waals surface area (Å²) in [5.74, 6) is 0.867. The molecule has 0 unspecified atom stereocenters. The number of likely N-dealkylation sites (N-methyl/N-ethyl adjacent to an activating group) is 1. The zero-order valence-corrected chi connectivity index (χ0v) is 16.6. The van der Waals surface area contributed by atoms with E-state index >= 15 is 0 Å². The van der Waals surface area contributed by atoms with E-state index in [0.29, 0.717) is 18.2 Å². The van der Waals surface area contributed by atoms with Crippen LogP contribution in [0.4, 0.5) is 0 Å². The number of ether oxygens (including phenoxy) is 2. The maximum Gasteiger partial charge on any atom is 0.174 e. The van der Waals surface area contributed by atoms with Crippen molar-refractivity contribution >= 4 is 5.78 Å². The molecule has 27 heavy (non-hydrogen) atoms. The number of piperidine rings is 1. The van der Waals surface area contributed by atoms with Crippen molar-refractivity contribution in [3.05, 3.63) is 23.3 Å². The molecule has 4 atom stereocenters. The van der Waals surface area contributed by atoms with Gasteiger partial charge in [-0.25, -0.2) is 0 Å². The smallest absolute Gasteiger partial charge is 0.174 e. The largest absolute Gasteiger partial charge is 0.504 e. The number of phenolic OH excluding ortho intramolecular Hbond substituents is 1. The molecule has 5 rings (SSSR count). The molecule has 5 heteroatoms. The van der Waals surface area contributed by atoms with Crippen LogP contribution in [0.1, 0.15) is 50.2 Å². The summed E-state index contributed by atoms with van der Waals surface area (Å²) in [4.78, 5) is 13.0. The monoisotopic (exact) mass is 372 g/mol. The molecule has 1 saturated carbocycles. The third-order valence-corrected chi connectivity index (χ3v) is 7.88. The maximum absolute atomic E-state index is 13.0. The fraction of sp³-hybridized carbons (Fsp3) is 0.682. The lowest BCUT2D eigenvalue weighted by Gasteiger charge is -2.65. The Bertz CT molecular complexity index is 819. The fourth-order valence-electron chi connectivity index (χ4n) is 6.61. The van der Waals surface area contributed by atoms with Gasteiger partial charge in [0.15, 0.2) is 23.4 Å². The lowest BCUT2D eigenvalue weighted by molar-refractivity contribution is -0.931.